The average molecular weight is 361 g/mol. The van der Waals surface area contributed by atoms with Gasteiger partial charge in [0.25, 0.3) is 0 Å². The third-order valence-electron chi connectivity index (χ3n) is 2.54. The summed E-state index contributed by atoms with van der Waals surface area (Å²) in [6, 6.07) is 6.16. The van der Waals surface area contributed by atoms with Crippen molar-refractivity contribution >= 4 is 44.5 Å². The second-order valence-corrected chi connectivity index (χ2v) is 5.19. The van der Waals surface area contributed by atoms with Crippen LogP contribution in [0, 0.1) is 17.5 Å². The lowest BCUT2D eigenvalue weighted by molar-refractivity contribution is 0.588. The van der Waals surface area contributed by atoms with Gasteiger partial charge in [-0.1, -0.05) is 18.3 Å². The fourth-order valence-electron chi connectivity index (χ4n) is 1.58. The molecule has 0 saturated carbocycles. The minimum atomic E-state index is -0.914. The molecule has 0 heterocycles. The molecule has 3 N–H and O–H groups in total. The molecule has 0 aromatic heterocycles. The number of halogens is 4. The summed E-state index contributed by atoms with van der Waals surface area (Å²) in [6.45, 7) is 0. The molecule has 0 radical (unpaired) electrons. The van der Waals surface area contributed by atoms with Gasteiger partial charge in [0.05, 0.1) is 5.69 Å². The van der Waals surface area contributed by atoms with Gasteiger partial charge < -0.3 is 11.1 Å². The number of hydrogen-bond donors (Lipinski definition) is 2. The number of nitrogens with two attached hydrogens (primary N) is 1. The monoisotopic (exact) mass is 360 g/mol. The highest BCUT2D eigenvalue weighted by molar-refractivity contribution is 9.10. The zero-order valence-electron chi connectivity index (χ0n) is 9.88. The van der Waals surface area contributed by atoms with Crippen molar-refractivity contribution in [2.45, 2.75) is 0 Å². The first-order chi connectivity index (χ1) is 9.40. The number of thiocarbonyl (C=S) groups is 1. The largest absolute Gasteiger partial charge is 0.389 e. The maximum atomic E-state index is 13.9. The topological polar surface area (TPSA) is 38.0 Å². The molecule has 104 valence electrons. The molecule has 0 unspecified atom stereocenters. The van der Waals surface area contributed by atoms with Crippen LogP contribution >= 0.6 is 28.1 Å². The van der Waals surface area contributed by atoms with Crippen molar-refractivity contribution in [2.75, 3.05) is 5.32 Å². The van der Waals surface area contributed by atoms with Crippen molar-refractivity contribution in [2.24, 2.45) is 5.73 Å². The Morgan fingerprint density at radius 3 is 2.15 bits per heavy atom. The Kier molecular flexibility index (Phi) is 4.29. The number of rotatable bonds is 3. The van der Waals surface area contributed by atoms with Gasteiger partial charge in [-0.05, 0) is 40.2 Å². The van der Waals surface area contributed by atoms with E-state index in [4.69, 9.17) is 5.73 Å². The number of benzene rings is 2. The van der Waals surface area contributed by atoms with Crippen LogP contribution in [-0.4, -0.2) is 4.99 Å². The molecular weight excluding hydrogens is 353 g/mol. The fourth-order valence-corrected chi connectivity index (χ4v) is 2.14. The van der Waals surface area contributed by atoms with Crippen molar-refractivity contribution in [3.05, 3.63) is 57.8 Å². The van der Waals surface area contributed by atoms with Crippen LogP contribution in [0.4, 0.5) is 24.5 Å². The molecule has 0 amide bonds. The summed E-state index contributed by atoms with van der Waals surface area (Å²) in [5, 5.41) is 2.39. The lowest BCUT2D eigenvalue weighted by Crippen LogP contribution is -2.11. The summed E-state index contributed by atoms with van der Waals surface area (Å²) in [5.41, 5.74) is 4.84. The SMILES string of the molecule is NC(=S)c1cc(F)c(Nc2c(F)cccc2Br)c(F)c1. The third kappa shape index (κ3) is 2.94. The molecule has 0 aliphatic heterocycles. The molecular formula is C13H8BrF3N2S. The highest BCUT2D eigenvalue weighted by Crippen LogP contribution is 2.31. The van der Waals surface area contributed by atoms with E-state index < -0.39 is 23.1 Å². The van der Waals surface area contributed by atoms with E-state index in [9.17, 15) is 13.2 Å². The van der Waals surface area contributed by atoms with Crippen LogP contribution in [0.5, 0.6) is 0 Å². The summed E-state index contributed by atoms with van der Waals surface area (Å²) in [6.07, 6.45) is 0. The highest BCUT2D eigenvalue weighted by Gasteiger charge is 2.15. The lowest BCUT2D eigenvalue weighted by atomic mass is 10.1. The quantitative estimate of drug-likeness (QED) is 0.803. The van der Waals surface area contributed by atoms with E-state index in [1.807, 2.05) is 0 Å². The molecule has 7 heteroatoms. The second kappa shape index (κ2) is 5.80. The summed E-state index contributed by atoms with van der Waals surface area (Å²) in [4.78, 5) is -0.124. The van der Waals surface area contributed by atoms with E-state index in [1.165, 1.54) is 12.1 Å². The zero-order valence-corrected chi connectivity index (χ0v) is 12.3. The van der Waals surface area contributed by atoms with E-state index in [0.717, 1.165) is 12.1 Å². The van der Waals surface area contributed by atoms with Crippen molar-refractivity contribution in [1.29, 1.82) is 0 Å². The van der Waals surface area contributed by atoms with E-state index in [0.29, 0.717) is 4.47 Å². The maximum Gasteiger partial charge on any atom is 0.150 e. The molecule has 0 bridgehead atoms. The van der Waals surface area contributed by atoms with Gasteiger partial charge in [-0.15, -0.1) is 0 Å². The van der Waals surface area contributed by atoms with E-state index in [-0.39, 0.29) is 16.2 Å². The predicted octanol–water partition coefficient (Wildman–Crippen LogP) is 4.24. The van der Waals surface area contributed by atoms with Crippen LogP contribution in [0.3, 0.4) is 0 Å². The Balaban J connectivity index is 2.47. The Labute approximate surface area is 126 Å². The summed E-state index contributed by atoms with van der Waals surface area (Å²) < 4.78 is 41.7. The van der Waals surface area contributed by atoms with Crippen LogP contribution in [-0.2, 0) is 0 Å². The number of anilines is 2. The van der Waals surface area contributed by atoms with Crippen LogP contribution < -0.4 is 11.1 Å². The Bertz CT molecular complexity index is 648. The Morgan fingerprint density at radius 2 is 1.65 bits per heavy atom. The van der Waals surface area contributed by atoms with Crippen molar-refractivity contribution < 1.29 is 13.2 Å². The molecule has 0 saturated heterocycles. The molecule has 0 aliphatic carbocycles. The molecule has 20 heavy (non-hydrogen) atoms. The molecule has 2 rings (SSSR count). The molecule has 0 atom stereocenters. The zero-order chi connectivity index (χ0) is 14.9. The normalized spacial score (nSPS) is 10.4. The van der Waals surface area contributed by atoms with Gasteiger partial charge in [0, 0.05) is 10.0 Å². The van der Waals surface area contributed by atoms with Gasteiger partial charge >= 0.3 is 0 Å². The molecule has 0 spiro atoms. The summed E-state index contributed by atoms with van der Waals surface area (Å²) in [7, 11) is 0. The van der Waals surface area contributed by atoms with Gasteiger partial charge in [-0.3, -0.25) is 0 Å². The number of hydrogen-bond acceptors (Lipinski definition) is 2. The fraction of sp³-hybridized carbons (Fsp3) is 0. The first kappa shape index (κ1) is 14.8. The second-order valence-electron chi connectivity index (χ2n) is 3.90. The van der Waals surface area contributed by atoms with Gasteiger partial charge in [0.1, 0.15) is 28.1 Å². The van der Waals surface area contributed by atoms with E-state index >= 15 is 0 Å². The van der Waals surface area contributed by atoms with Crippen LogP contribution in [0.15, 0.2) is 34.8 Å². The summed E-state index contributed by atoms with van der Waals surface area (Å²) in [5.74, 6) is -2.47. The standard InChI is InChI=1S/C13H8BrF3N2S/c14-7-2-1-3-8(15)11(7)19-12-9(16)4-6(13(18)20)5-10(12)17/h1-5,19H,(H2,18,20). The van der Waals surface area contributed by atoms with Crippen LogP contribution in [0.1, 0.15) is 5.56 Å². The Morgan fingerprint density at radius 1 is 1.05 bits per heavy atom. The molecule has 2 nitrogen and oxygen atoms in total. The first-order valence-electron chi connectivity index (χ1n) is 5.40. The molecule has 2 aromatic carbocycles. The van der Waals surface area contributed by atoms with Gasteiger partial charge in [-0.25, -0.2) is 13.2 Å². The van der Waals surface area contributed by atoms with Gasteiger partial charge in [0.2, 0.25) is 0 Å². The molecule has 0 aliphatic rings. The minimum absolute atomic E-state index is 0.0617. The smallest absolute Gasteiger partial charge is 0.150 e. The third-order valence-corrected chi connectivity index (χ3v) is 3.44. The highest BCUT2D eigenvalue weighted by atomic mass is 79.9. The number of nitrogens with one attached hydrogen (secondary N) is 1. The predicted molar refractivity (Wildman–Crippen MR) is 79.6 cm³/mol. The van der Waals surface area contributed by atoms with Crippen LogP contribution in [0.2, 0.25) is 0 Å². The van der Waals surface area contributed by atoms with Gasteiger partial charge in [-0.2, -0.15) is 0 Å². The minimum Gasteiger partial charge on any atom is -0.389 e. The average Bonchev–Trinajstić information content (AvgIpc) is 2.36. The summed E-state index contributed by atoms with van der Waals surface area (Å²) >= 11 is 7.76. The van der Waals surface area contributed by atoms with Gasteiger partial charge in [0.15, 0.2) is 0 Å². The van der Waals surface area contributed by atoms with Crippen molar-refractivity contribution in [1.82, 2.24) is 0 Å². The first-order valence-corrected chi connectivity index (χ1v) is 6.60. The maximum absolute atomic E-state index is 13.9. The Hall–Kier alpha value is -1.60. The lowest BCUT2D eigenvalue weighted by Gasteiger charge is -2.12. The van der Waals surface area contributed by atoms with Crippen molar-refractivity contribution in [3.8, 4) is 0 Å². The van der Waals surface area contributed by atoms with E-state index in [1.54, 1.807) is 6.07 Å². The van der Waals surface area contributed by atoms with Crippen molar-refractivity contribution in [3.63, 3.8) is 0 Å². The molecule has 0 fully saturated rings. The van der Waals surface area contributed by atoms with Crippen LogP contribution in [0.25, 0.3) is 0 Å². The number of para-hydroxylation sites is 1. The molecule has 2 aromatic rings. The van der Waals surface area contributed by atoms with E-state index in [2.05, 4.69) is 33.5 Å².